The third-order valence-corrected chi connectivity index (χ3v) is 3.89. The van der Waals surface area contributed by atoms with Crippen molar-refractivity contribution in [1.82, 2.24) is 14.5 Å². The second-order valence-electron chi connectivity index (χ2n) is 4.92. The van der Waals surface area contributed by atoms with Crippen molar-refractivity contribution >= 4 is 46.8 Å². The van der Waals surface area contributed by atoms with Crippen molar-refractivity contribution in [3.8, 4) is 0 Å². The summed E-state index contributed by atoms with van der Waals surface area (Å²) in [4.78, 5) is 20.6. The molecule has 6 nitrogen and oxygen atoms in total. The number of aromatic nitrogens is 3. The molecule has 0 unspecified atom stereocenters. The zero-order valence-corrected chi connectivity index (χ0v) is 13.2. The number of nitrogens with zero attached hydrogens (tertiary/aromatic N) is 3. The molecule has 0 aliphatic carbocycles. The van der Waals surface area contributed by atoms with Gasteiger partial charge in [-0.3, -0.25) is 9.36 Å². The number of fused-ring (bicyclic) bond motifs is 1. The van der Waals surface area contributed by atoms with Crippen molar-refractivity contribution in [3.63, 3.8) is 0 Å². The van der Waals surface area contributed by atoms with Crippen LogP contribution in [0.2, 0.25) is 10.2 Å². The Balaban J connectivity index is 2.09. The summed E-state index contributed by atoms with van der Waals surface area (Å²) < 4.78 is 1.40. The van der Waals surface area contributed by atoms with Crippen LogP contribution in [-0.4, -0.2) is 31.7 Å². The van der Waals surface area contributed by atoms with Crippen molar-refractivity contribution in [2.75, 3.05) is 0 Å². The van der Waals surface area contributed by atoms with Crippen LogP contribution in [0, 0.1) is 0 Å². The average Bonchev–Trinajstić information content (AvgIpc) is 2.51. The fraction of sp³-hybridized carbons (Fsp3) is 0.0714. The van der Waals surface area contributed by atoms with Gasteiger partial charge in [0, 0.05) is 10.5 Å². The van der Waals surface area contributed by atoms with Gasteiger partial charge in [0.2, 0.25) is 0 Å². The first kappa shape index (κ1) is 16.0. The van der Waals surface area contributed by atoms with Crippen molar-refractivity contribution in [1.29, 1.82) is 0 Å². The number of rotatable bonds is 3. The highest BCUT2D eigenvalue weighted by Crippen LogP contribution is 2.12. The molecule has 2 aromatic heterocycles. The van der Waals surface area contributed by atoms with Gasteiger partial charge < -0.3 is 10.0 Å². The molecule has 0 spiro atoms. The lowest BCUT2D eigenvalue weighted by atomic mass is 9.81. The lowest BCUT2D eigenvalue weighted by Gasteiger charge is -2.08. The quantitative estimate of drug-likeness (QED) is 0.540. The second-order valence-corrected chi connectivity index (χ2v) is 5.71. The molecule has 0 bridgehead atoms. The highest BCUT2D eigenvalue weighted by molar-refractivity contribution is 6.62. The van der Waals surface area contributed by atoms with Crippen LogP contribution in [0.15, 0.2) is 41.5 Å². The zero-order valence-electron chi connectivity index (χ0n) is 11.6. The Kier molecular flexibility index (Phi) is 4.36. The molecule has 23 heavy (non-hydrogen) atoms. The van der Waals surface area contributed by atoms with E-state index < -0.39 is 7.12 Å². The van der Waals surface area contributed by atoms with E-state index in [2.05, 4.69) is 9.97 Å². The minimum Gasteiger partial charge on any atom is -0.423 e. The maximum absolute atomic E-state index is 12.5. The van der Waals surface area contributed by atoms with Gasteiger partial charge in [-0.2, -0.15) is 0 Å². The minimum absolute atomic E-state index is 0.0395. The SMILES string of the molecule is O=c1c2cc(B(O)O)c(Cl)nc2ncn1Cc1ccc(Cl)cc1. The fourth-order valence-electron chi connectivity index (χ4n) is 2.16. The molecule has 3 aromatic rings. The number of halogens is 2. The Labute approximate surface area is 141 Å². The smallest absolute Gasteiger partial charge is 0.423 e. The van der Waals surface area contributed by atoms with Gasteiger partial charge in [-0.25, -0.2) is 9.97 Å². The molecule has 0 saturated heterocycles. The number of benzene rings is 1. The molecule has 0 saturated carbocycles. The first-order valence-corrected chi connectivity index (χ1v) is 7.37. The lowest BCUT2D eigenvalue weighted by Crippen LogP contribution is -2.33. The standard InChI is InChI=1S/C14H10BCl2N3O3/c16-9-3-1-8(2-4-9)6-20-7-18-13-10(14(20)21)5-11(15(22)23)12(17)19-13/h1-5,7,22-23H,6H2. The maximum Gasteiger partial charge on any atom is 0.491 e. The van der Waals surface area contributed by atoms with E-state index in [1.54, 1.807) is 12.1 Å². The van der Waals surface area contributed by atoms with Crippen LogP contribution in [0.1, 0.15) is 5.56 Å². The summed E-state index contributed by atoms with van der Waals surface area (Å²) in [6, 6.07) is 8.38. The Morgan fingerprint density at radius 3 is 2.52 bits per heavy atom. The Hall–Kier alpha value is -1.93. The molecular weight excluding hydrogens is 340 g/mol. The number of hydrogen-bond donors (Lipinski definition) is 2. The van der Waals surface area contributed by atoms with Crippen molar-refractivity contribution < 1.29 is 10.0 Å². The molecule has 2 heterocycles. The maximum atomic E-state index is 12.5. The predicted octanol–water partition coefficient (Wildman–Crippen LogP) is 0.826. The van der Waals surface area contributed by atoms with E-state index in [0.29, 0.717) is 11.6 Å². The van der Waals surface area contributed by atoms with Crippen LogP contribution in [0.25, 0.3) is 11.0 Å². The summed E-state index contributed by atoms with van der Waals surface area (Å²) >= 11 is 11.7. The van der Waals surface area contributed by atoms with Gasteiger partial charge in [0.15, 0.2) is 5.65 Å². The highest BCUT2D eigenvalue weighted by Gasteiger charge is 2.19. The summed E-state index contributed by atoms with van der Waals surface area (Å²) in [6.07, 6.45) is 1.37. The molecule has 116 valence electrons. The van der Waals surface area contributed by atoms with Crippen molar-refractivity contribution in [2.45, 2.75) is 6.54 Å². The molecule has 0 aliphatic heterocycles. The van der Waals surface area contributed by atoms with Gasteiger partial charge >= 0.3 is 7.12 Å². The van der Waals surface area contributed by atoms with Gasteiger partial charge in [0.25, 0.3) is 5.56 Å². The minimum atomic E-state index is -1.82. The van der Waals surface area contributed by atoms with Crippen LogP contribution in [0.4, 0.5) is 0 Å². The normalized spacial score (nSPS) is 11.0. The van der Waals surface area contributed by atoms with E-state index in [0.717, 1.165) is 5.56 Å². The Morgan fingerprint density at radius 2 is 1.87 bits per heavy atom. The van der Waals surface area contributed by atoms with Crippen LogP contribution >= 0.6 is 23.2 Å². The third-order valence-electron chi connectivity index (χ3n) is 3.34. The van der Waals surface area contributed by atoms with E-state index in [1.165, 1.54) is 17.0 Å². The Bertz CT molecular complexity index is 929. The van der Waals surface area contributed by atoms with E-state index >= 15 is 0 Å². The van der Waals surface area contributed by atoms with Gasteiger partial charge in [-0.15, -0.1) is 0 Å². The van der Waals surface area contributed by atoms with E-state index in [-0.39, 0.29) is 27.2 Å². The summed E-state index contributed by atoms with van der Waals surface area (Å²) in [7, 11) is -1.82. The molecule has 1 aromatic carbocycles. The zero-order chi connectivity index (χ0) is 16.6. The van der Waals surface area contributed by atoms with Gasteiger partial charge in [0.05, 0.1) is 11.9 Å². The molecule has 0 fully saturated rings. The number of pyridine rings is 1. The molecular formula is C14H10BCl2N3O3. The molecule has 0 amide bonds. The van der Waals surface area contributed by atoms with E-state index in [4.69, 9.17) is 23.2 Å². The average molecular weight is 350 g/mol. The van der Waals surface area contributed by atoms with Crippen LogP contribution in [0.5, 0.6) is 0 Å². The van der Waals surface area contributed by atoms with Crippen molar-refractivity contribution in [2.24, 2.45) is 0 Å². The Morgan fingerprint density at radius 1 is 1.17 bits per heavy atom. The van der Waals surface area contributed by atoms with Gasteiger partial charge in [0.1, 0.15) is 11.5 Å². The summed E-state index contributed by atoms with van der Waals surface area (Å²) in [5.41, 5.74) is 0.636. The molecule has 0 aliphatic rings. The van der Waals surface area contributed by atoms with E-state index in [1.807, 2.05) is 12.1 Å². The van der Waals surface area contributed by atoms with Gasteiger partial charge in [-0.1, -0.05) is 35.3 Å². The summed E-state index contributed by atoms with van der Waals surface area (Å²) in [5.74, 6) is 0. The first-order valence-electron chi connectivity index (χ1n) is 6.62. The summed E-state index contributed by atoms with van der Waals surface area (Å²) in [6.45, 7) is 0.304. The highest BCUT2D eigenvalue weighted by atomic mass is 35.5. The largest absolute Gasteiger partial charge is 0.491 e. The lowest BCUT2D eigenvalue weighted by molar-refractivity contribution is 0.425. The van der Waals surface area contributed by atoms with Gasteiger partial charge in [-0.05, 0) is 23.8 Å². The topological polar surface area (TPSA) is 88.2 Å². The van der Waals surface area contributed by atoms with E-state index in [9.17, 15) is 14.8 Å². The molecule has 0 atom stereocenters. The second kappa shape index (κ2) is 6.29. The van der Waals surface area contributed by atoms with Crippen LogP contribution in [0.3, 0.4) is 0 Å². The monoisotopic (exact) mass is 349 g/mol. The molecule has 9 heteroatoms. The van der Waals surface area contributed by atoms with Crippen LogP contribution < -0.4 is 11.0 Å². The molecule has 2 N–H and O–H groups in total. The number of hydrogen-bond acceptors (Lipinski definition) is 5. The first-order chi connectivity index (χ1) is 11.0. The molecule has 0 radical (unpaired) electrons. The third kappa shape index (κ3) is 3.23. The van der Waals surface area contributed by atoms with Crippen LogP contribution in [-0.2, 0) is 6.54 Å². The van der Waals surface area contributed by atoms with Crippen molar-refractivity contribution in [3.05, 3.63) is 62.8 Å². The predicted molar refractivity (Wildman–Crippen MR) is 89.2 cm³/mol. The fourth-order valence-corrected chi connectivity index (χ4v) is 2.52. The summed E-state index contributed by atoms with van der Waals surface area (Å²) in [5, 5.41) is 19.2. The molecule has 3 rings (SSSR count).